The number of hydrogen-bond donors (Lipinski definition) is 4. The van der Waals surface area contributed by atoms with Crippen LogP contribution in [0.2, 0.25) is 0 Å². The lowest BCUT2D eigenvalue weighted by Gasteiger charge is -2.39. The van der Waals surface area contributed by atoms with Crippen molar-refractivity contribution in [2.24, 2.45) is 5.41 Å². The van der Waals surface area contributed by atoms with E-state index in [2.05, 4.69) is 16.0 Å². The number of rotatable bonds is 8. The molecule has 1 aromatic rings. The van der Waals surface area contributed by atoms with Crippen molar-refractivity contribution in [3.05, 3.63) is 23.8 Å². The van der Waals surface area contributed by atoms with Crippen LogP contribution >= 0.6 is 0 Å². The molecule has 0 radical (unpaired) electrons. The van der Waals surface area contributed by atoms with Gasteiger partial charge in [-0.2, -0.15) is 0 Å². The Morgan fingerprint density at radius 3 is 2.41 bits per heavy atom. The van der Waals surface area contributed by atoms with E-state index in [9.17, 15) is 29.1 Å². The highest BCUT2D eigenvalue weighted by Gasteiger charge is 2.44. The van der Waals surface area contributed by atoms with Crippen LogP contribution < -0.4 is 16.0 Å². The fourth-order valence-corrected chi connectivity index (χ4v) is 5.07. The first-order chi connectivity index (χ1) is 17.4. The number of carbonyl (C=O) groups is 5. The Morgan fingerprint density at radius 2 is 1.81 bits per heavy atom. The normalized spacial score (nSPS) is 19.4. The summed E-state index contributed by atoms with van der Waals surface area (Å²) in [4.78, 5) is 65.5. The van der Waals surface area contributed by atoms with Gasteiger partial charge >= 0.3 is 5.97 Å². The molecule has 2 aliphatic rings. The SMILES string of the molecule is CC(=O)Nc1ccc2c(c1)C(=O)N(C(CC(C)(C)C)C(=O)NC1CCCCC1)[C@@H](CCC(=O)O)C(=O)N2. The third kappa shape index (κ3) is 7.53. The lowest BCUT2D eigenvalue weighted by molar-refractivity contribution is -0.137. The maximum absolute atomic E-state index is 14.1. The van der Waals surface area contributed by atoms with Crippen molar-refractivity contribution in [2.75, 3.05) is 10.6 Å². The quantitative estimate of drug-likeness (QED) is 0.418. The summed E-state index contributed by atoms with van der Waals surface area (Å²) in [5.41, 5.74) is 0.364. The maximum Gasteiger partial charge on any atom is 0.303 e. The molecule has 1 fully saturated rings. The Bertz CT molecular complexity index is 1060. The molecular formula is C27H38N4O6. The summed E-state index contributed by atoms with van der Waals surface area (Å²) < 4.78 is 0. The van der Waals surface area contributed by atoms with E-state index in [1.165, 1.54) is 24.0 Å². The highest BCUT2D eigenvalue weighted by molar-refractivity contribution is 6.12. The van der Waals surface area contributed by atoms with Gasteiger partial charge in [0, 0.05) is 25.1 Å². The molecule has 3 rings (SSSR count). The fraction of sp³-hybridized carbons (Fsp3) is 0.593. The summed E-state index contributed by atoms with van der Waals surface area (Å²) in [6.07, 6.45) is 4.64. The van der Waals surface area contributed by atoms with Crippen molar-refractivity contribution < 1.29 is 29.1 Å². The van der Waals surface area contributed by atoms with Crippen LogP contribution in [0.4, 0.5) is 11.4 Å². The molecule has 0 saturated heterocycles. The molecule has 1 aromatic carbocycles. The minimum Gasteiger partial charge on any atom is -0.481 e. The van der Waals surface area contributed by atoms with Crippen LogP contribution in [0.15, 0.2) is 18.2 Å². The summed E-state index contributed by atoms with van der Waals surface area (Å²) in [5, 5.41) is 17.8. The lowest BCUT2D eigenvalue weighted by Crippen LogP contribution is -2.58. The van der Waals surface area contributed by atoms with Gasteiger partial charge in [-0.25, -0.2) is 0 Å². The number of carboxylic acid groups (broad SMARTS) is 1. The highest BCUT2D eigenvalue weighted by atomic mass is 16.4. The van der Waals surface area contributed by atoms with E-state index < -0.39 is 29.9 Å². The summed E-state index contributed by atoms with van der Waals surface area (Å²) in [7, 11) is 0. The molecule has 10 heteroatoms. The third-order valence-electron chi connectivity index (χ3n) is 6.73. The Hall–Kier alpha value is -3.43. The Labute approximate surface area is 217 Å². The largest absolute Gasteiger partial charge is 0.481 e. The molecule has 1 heterocycles. The average molecular weight is 515 g/mol. The number of carbonyl (C=O) groups excluding carboxylic acids is 4. The second-order valence-corrected chi connectivity index (χ2v) is 11.2. The molecule has 2 atom stereocenters. The van der Waals surface area contributed by atoms with Gasteiger partial charge in [-0.3, -0.25) is 24.0 Å². The zero-order chi connectivity index (χ0) is 27.3. The molecular weight excluding hydrogens is 476 g/mol. The van der Waals surface area contributed by atoms with Crippen molar-refractivity contribution in [2.45, 2.75) is 97.2 Å². The number of fused-ring (bicyclic) bond motifs is 1. The monoisotopic (exact) mass is 514 g/mol. The van der Waals surface area contributed by atoms with E-state index in [0.29, 0.717) is 5.69 Å². The summed E-state index contributed by atoms with van der Waals surface area (Å²) >= 11 is 0. The van der Waals surface area contributed by atoms with E-state index in [4.69, 9.17) is 0 Å². The van der Waals surface area contributed by atoms with Gasteiger partial charge < -0.3 is 26.0 Å². The number of nitrogens with one attached hydrogen (secondary N) is 3. The summed E-state index contributed by atoms with van der Waals surface area (Å²) in [6.45, 7) is 7.19. The van der Waals surface area contributed by atoms with Crippen LogP contribution in [0.1, 0.15) is 89.4 Å². The first kappa shape index (κ1) is 28.1. The number of benzene rings is 1. The number of amides is 4. The lowest BCUT2D eigenvalue weighted by atomic mass is 9.85. The van der Waals surface area contributed by atoms with Crippen molar-refractivity contribution in [3.63, 3.8) is 0 Å². The Morgan fingerprint density at radius 1 is 1.14 bits per heavy atom. The topological polar surface area (TPSA) is 145 Å². The molecule has 4 amide bonds. The number of aliphatic carboxylic acids is 1. The van der Waals surface area contributed by atoms with E-state index >= 15 is 0 Å². The number of nitrogens with zero attached hydrogens (tertiary/aromatic N) is 1. The van der Waals surface area contributed by atoms with Crippen molar-refractivity contribution in [1.29, 1.82) is 0 Å². The second kappa shape index (κ2) is 11.7. The van der Waals surface area contributed by atoms with Crippen LogP contribution in [0, 0.1) is 5.41 Å². The van der Waals surface area contributed by atoms with Crippen molar-refractivity contribution in [3.8, 4) is 0 Å². The molecule has 1 aliphatic carbocycles. The summed E-state index contributed by atoms with van der Waals surface area (Å²) in [6, 6.07) is 2.40. The van der Waals surface area contributed by atoms with Crippen LogP contribution in [0.5, 0.6) is 0 Å². The van der Waals surface area contributed by atoms with Gasteiger partial charge in [-0.1, -0.05) is 40.0 Å². The van der Waals surface area contributed by atoms with Crippen molar-refractivity contribution >= 4 is 41.0 Å². The van der Waals surface area contributed by atoms with Gasteiger partial charge in [0.15, 0.2) is 0 Å². The van der Waals surface area contributed by atoms with Crippen molar-refractivity contribution in [1.82, 2.24) is 10.2 Å². The number of carboxylic acids is 1. The van der Waals surface area contributed by atoms with E-state index in [1.54, 1.807) is 6.07 Å². The molecule has 0 aromatic heterocycles. The molecule has 10 nitrogen and oxygen atoms in total. The van der Waals surface area contributed by atoms with E-state index in [1.807, 2.05) is 20.8 Å². The number of hydrogen-bond acceptors (Lipinski definition) is 5. The Balaban J connectivity index is 2.08. The Kier molecular flexibility index (Phi) is 8.94. The van der Waals surface area contributed by atoms with Crippen LogP contribution in [-0.2, 0) is 19.2 Å². The average Bonchev–Trinajstić information content (AvgIpc) is 2.89. The zero-order valence-electron chi connectivity index (χ0n) is 22.1. The molecule has 0 bridgehead atoms. The summed E-state index contributed by atoms with van der Waals surface area (Å²) in [5.74, 6) is -2.88. The predicted octanol–water partition coefficient (Wildman–Crippen LogP) is 3.53. The van der Waals surface area contributed by atoms with Gasteiger partial charge in [0.2, 0.25) is 17.7 Å². The third-order valence-corrected chi connectivity index (χ3v) is 6.73. The standard InChI is InChI=1S/C27H38N4O6/c1-16(32)28-18-10-11-20-19(14-18)26(37)31(21(24(35)30-20)12-13-23(33)34)22(15-27(2,3)4)25(36)29-17-8-6-5-7-9-17/h10-11,14,17,21-22H,5-9,12-13,15H2,1-4H3,(H,28,32)(H,29,36)(H,30,35)(H,33,34)/t21-,22?/m0/s1. The van der Waals surface area contributed by atoms with Gasteiger partial charge in [-0.05, 0) is 49.3 Å². The molecule has 1 saturated carbocycles. The van der Waals surface area contributed by atoms with Crippen LogP contribution in [0.25, 0.3) is 0 Å². The molecule has 1 unspecified atom stereocenters. The van der Waals surface area contributed by atoms with Gasteiger partial charge in [0.25, 0.3) is 5.91 Å². The smallest absolute Gasteiger partial charge is 0.303 e. The van der Waals surface area contributed by atoms with Gasteiger partial charge in [-0.15, -0.1) is 0 Å². The minimum atomic E-state index is -1.16. The van der Waals surface area contributed by atoms with Crippen LogP contribution in [0.3, 0.4) is 0 Å². The zero-order valence-corrected chi connectivity index (χ0v) is 22.1. The van der Waals surface area contributed by atoms with E-state index in [0.717, 1.165) is 32.1 Å². The molecule has 4 N–H and O–H groups in total. The van der Waals surface area contributed by atoms with E-state index in [-0.39, 0.29) is 53.8 Å². The molecule has 202 valence electrons. The van der Waals surface area contributed by atoms with Crippen LogP contribution in [-0.4, -0.2) is 57.7 Å². The maximum atomic E-state index is 14.1. The van der Waals surface area contributed by atoms with Gasteiger partial charge in [0.05, 0.1) is 11.3 Å². The van der Waals surface area contributed by atoms with Gasteiger partial charge in [0.1, 0.15) is 12.1 Å². The highest BCUT2D eigenvalue weighted by Crippen LogP contribution is 2.33. The fourth-order valence-electron chi connectivity index (χ4n) is 5.07. The molecule has 37 heavy (non-hydrogen) atoms. The minimum absolute atomic E-state index is 0.00394. The number of anilines is 2. The molecule has 1 aliphatic heterocycles. The first-order valence-electron chi connectivity index (χ1n) is 12.9. The predicted molar refractivity (Wildman–Crippen MR) is 139 cm³/mol. The molecule has 0 spiro atoms. The first-order valence-corrected chi connectivity index (χ1v) is 12.9. The second-order valence-electron chi connectivity index (χ2n) is 11.2.